The lowest BCUT2D eigenvalue weighted by Gasteiger charge is -2.58. The summed E-state index contributed by atoms with van der Waals surface area (Å²) in [5.41, 5.74) is 2.46. The Morgan fingerprint density at radius 2 is 1.54 bits per heavy atom. The third kappa shape index (κ3) is 10.9. The number of unbranched alkanes of at least 4 members (excludes halogenated alkanes) is 6. The summed E-state index contributed by atoms with van der Waals surface area (Å²) in [5.74, 6) is 5.19. The van der Waals surface area contributed by atoms with Crippen LogP contribution in [0.5, 0.6) is 0 Å². The standard InChI is InChI=1S/C43H78N2O2.ClH/c1-8-10-12-14-29-45(30-15-13-11-9-2)31-17-28-44-41(46)47-36-24-26-42(6)35(32-36)20-21-37-39-23-22-38(34(5)19-16-18-33(3)4)43(39,7)27-25-40(37)42;/h20,33-34,36-40H,8-19,21-32H2,1-7H3,(H,44,46);1H/t34-,36+,37+,38-,39+,40+,42+,43-;/m1./s1. The highest BCUT2D eigenvalue weighted by atomic mass is 35.5. The van der Waals surface area contributed by atoms with Gasteiger partial charge in [0.1, 0.15) is 6.10 Å². The topological polar surface area (TPSA) is 41.6 Å². The maximum Gasteiger partial charge on any atom is 0.407 e. The van der Waals surface area contributed by atoms with Crippen molar-refractivity contribution in [3.63, 3.8) is 0 Å². The van der Waals surface area contributed by atoms with Gasteiger partial charge in [-0.15, -0.1) is 12.4 Å². The second-order valence-corrected chi connectivity index (χ2v) is 17.8. The minimum atomic E-state index is -0.196. The van der Waals surface area contributed by atoms with Crippen molar-refractivity contribution >= 4 is 18.5 Å². The van der Waals surface area contributed by atoms with Crippen molar-refractivity contribution in [3.8, 4) is 0 Å². The molecule has 3 saturated carbocycles. The number of rotatable bonds is 20. The van der Waals surface area contributed by atoms with Crippen LogP contribution in [0, 0.1) is 46.3 Å². The average molecular weight is 692 g/mol. The fourth-order valence-electron chi connectivity index (χ4n) is 11.3. The number of ether oxygens (including phenoxy) is 1. The summed E-state index contributed by atoms with van der Waals surface area (Å²) in [7, 11) is 0. The van der Waals surface area contributed by atoms with Crippen LogP contribution in [0.1, 0.15) is 177 Å². The predicted octanol–water partition coefficient (Wildman–Crippen LogP) is 12.4. The van der Waals surface area contributed by atoms with E-state index < -0.39 is 0 Å². The lowest BCUT2D eigenvalue weighted by Crippen LogP contribution is -2.51. The van der Waals surface area contributed by atoms with Gasteiger partial charge >= 0.3 is 6.09 Å². The van der Waals surface area contributed by atoms with E-state index in [4.69, 9.17) is 4.74 Å². The van der Waals surface area contributed by atoms with E-state index in [9.17, 15) is 4.79 Å². The number of hydrogen-bond donors (Lipinski definition) is 1. The summed E-state index contributed by atoms with van der Waals surface area (Å²) in [6.45, 7) is 21.4. The summed E-state index contributed by atoms with van der Waals surface area (Å²) >= 11 is 0. The molecule has 4 aliphatic rings. The molecule has 4 aliphatic carbocycles. The van der Waals surface area contributed by atoms with Crippen LogP contribution in [0.3, 0.4) is 0 Å². The number of nitrogens with one attached hydrogen (secondary N) is 1. The average Bonchev–Trinajstić information content (AvgIpc) is 3.40. The van der Waals surface area contributed by atoms with Crippen molar-refractivity contribution in [2.75, 3.05) is 26.2 Å². The molecule has 0 aromatic heterocycles. The molecule has 0 heterocycles. The third-order valence-electron chi connectivity index (χ3n) is 14.1. The van der Waals surface area contributed by atoms with Gasteiger partial charge in [0.25, 0.3) is 0 Å². The highest BCUT2D eigenvalue weighted by Gasteiger charge is 2.59. The number of alkyl carbamates (subject to hydrolysis) is 1. The van der Waals surface area contributed by atoms with Gasteiger partial charge in [0, 0.05) is 13.0 Å². The van der Waals surface area contributed by atoms with Crippen LogP contribution in [-0.2, 0) is 4.74 Å². The van der Waals surface area contributed by atoms with Crippen molar-refractivity contribution in [1.29, 1.82) is 0 Å². The van der Waals surface area contributed by atoms with Crippen molar-refractivity contribution in [1.82, 2.24) is 10.2 Å². The molecule has 0 unspecified atom stereocenters. The Balaban J connectivity index is 0.00000625. The summed E-state index contributed by atoms with van der Waals surface area (Å²) in [6, 6.07) is 0. The number of nitrogens with zero attached hydrogens (tertiary/aromatic N) is 1. The lowest BCUT2D eigenvalue weighted by molar-refractivity contribution is -0.0581. The first-order valence-corrected chi connectivity index (χ1v) is 21.0. The van der Waals surface area contributed by atoms with E-state index >= 15 is 0 Å². The number of allylic oxidation sites excluding steroid dienone is 1. The molecule has 0 aliphatic heterocycles. The van der Waals surface area contributed by atoms with Gasteiger partial charge in [-0.2, -0.15) is 0 Å². The molecule has 1 amide bonds. The zero-order valence-corrected chi connectivity index (χ0v) is 33.6. The molecular weight excluding hydrogens is 612 g/mol. The van der Waals surface area contributed by atoms with Crippen molar-refractivity contribution in [2.24, 2.45) is 46.3 Å². The fraction of sp³-hybridized carbons (Fsp3) is 0.930. The van der Waals surface area contributed by atoms with E-state index in [0.717, 1.165) is 61.3 Å². The highest BCUT2D eigenvalue weighted by Crippen LogP contribution is 2.67. The van der Waals surface area contributed by atoms with Gasteiger partial charge in [-0.3, -0.25) is 0 Å². The SMILES string of the molecule is CCCCCCN(CCCCCC)CCCNC(=O)O[C@H]1CC[C@@]2(C)C(=CC[C@H]3[C@@H]4CC[C@H]([C@H](C)CCCC(C)C)[C@@]4(C)CC[C@@H]32)C1.Cl. The molecule has 1 N–H and O–H groups in total. The van der Waals surface area contributed by atoms with Crippen LogP contribution in [0.15, 0.2) is 11.6 Å². The Hall–Kier alpha value is -0.740. The Labute approximate surface area is 304 Å². The van der Waals surface area contributed by atoms with Crippen molar-refractivity contribution in [3.05, 3.63) is 11.6 Å². The van der Waals surface area contributed by atoms with Gasteiger partial charge in [0.2, 0.25) is 0 Å². The number of amides is 1. The zero-order valence-electron chi connectivity index (χ0n) is 32.8. The Morgan fingerprint density at radius 1 is 0.854 bits per heavy atom. The Morgan fingerprint density at radius 3 is 2.21 bits per heavy atom. The Kier molecular flexibility index (Phi) is 17.7. The molecule has 3 fully saturated rings. The van der Waals surface area contributed by atoms with Crippen LogP contribution >= 0.6 is 12.4 Å². The normalized spacial score (nSPS) is 31.8. The molecule has 4 rings (SSSR count). The largest absolute Gasteiger partial charge is 0.446 e. The van der Waals surface area contributed by atoms with Gasteiger partial charge < -0.3 is 15.0 Å². The van der Waals surface area contributed by atoms with Crippen molar-refractivity contribution < 1.29 is 9.53 Å². The number of halogens is 1. The number of carbonyl (C=O) groups excluding carboxylic acids is 1. The highest BCUT2D eigenvalue weighted by molar-refractivity contribution is 5.85. The van der Waals surface area contributed by atoms with Gasteiger partial charge in [-0.25, -0.2) is 4.79 Å². The molecule has 0 spiro atoms. The van der Waals surface area contributed by atoms with Gasteiger partial charge in [0.05, 0.1) is 0 Å². The van der Waals surface area contributed by atoms with Crippen LogP contribution in [0.4, 0.5) is 4.79 Å². The van der Waals surface area contributed by atoms with E-state index in [1.807, 2.05) is 0 Å². The molecular formula is C43H79ClN2O2. The first-order chi connectivity index (χ1) is 22.6. The molecule has 0 radical (unpaired) electrons. The molecule has 0 saturated heterocycles. The first kappa shape index (κ1) is 41.7. The zero-order chi connectivity index (χ0) is 33.9. The molecule has 8 atom stereocenters. The van der Waals surface area contributed by atoms with E-state index in [1.165, 1.54) is 122 Å². The predicted molar refractivity (Wildman–Crippen MR) is 208 cm³/mol. The number of hydrogen-bond acceptors (Lipinski definition) is 3. The molecule has 4 nitrogen and oxygen atoms in total. The second-order valence-electron chi connectivity index (χ2n) is 17.8. The maximum atomic E-state index is 12.9. The van der Waals surface area contributed by atoms with Crippen molar-refractivity contribution in [2.45, 2.75) is 183 Å². The molecule has 280 valence electrons. The smallest absolute Gasteiger partial charge is 0.407 e. The minimum absolute atomic E-state index is 0. The molecule has 0 aromatic rings. The quantitative estimate of drug-likeness (QED) is 0.102. The summed E-state index contributed by atoms with van der Waals surface area (Å²) in [4.78, 5) is 15.5. The van der Waals surface area contributed by atoms with E-state index in [-0.39, 0.29) is 24.6 Å². The minimum Gasteiger partial charge on any atom is -0.446 e. The van der Waals surface area contributed by atoms with Gasteiger partial charge in [0.15, 0.2) is 0 Å². The second kappa shape index (κ2) is 20.3. The molecule has 48 heavy (non-hydrogen) atoms. The first-order valence-electron chi connectivity index (χ1n) is 21.0. The Bertz CT molecular complexity index is 956. The van der Waals surface area contributed by atoms with E-state index in [0.29, 0.717) is 17.4 Å². The molecule has 5 heteroatoms. The monoisotopic (exact) mass is 691 g/mol. The van der Waals surface area contributed by atoms with Crippen LogP contribution in [0.25, 0.3) is 0 Å². The van der Waals surface area contributed by atoms with E-state index in [1.54, 1.807) is 5.57 Å². The molecule has 0 aromatic carbocycles. The summed E-state index contributed by atoms with van der Waals surface area (Å²) in [6.07, 6.45) is 28.4. The lowest BCUT2D eigenvalue weighted by atomic mass is 9.47. The molecule has 0 bridgehead atoms. The van der Waals surface area contributed by atoms with Crippen LogP contribution in [-0.4, -0.2) is 43.3 Å². The maximum absolute atomic E-state index is 12.9. The summed E-state index contributed by atoms with van der Waals surface area (Å²) in [5, 5.41) is 3.12. The number of carbonyl (C=O) groups is 1. The van der Waals surface area contributed by atoms with Crippen LogP contribution in [0.2, 0.25) is 0 Å². The van der Waals surface area contributed by atoms with E-state index in [2.05, 4.69) is 64.8 Å². The fourth-order valence-corrected chi connectivity index (χ4v) is 11.3. The number of fused-ring (bicyclic) bond motifs is 5. The van der Waals surface area contributed by atoms with Gasteiger partial charge in [-0.1, -0.05) is 118 Å². The van der Waals surface area contributed by atoms with Gasteiger partial charge in [-0.05, 0) is 130 Å². The summed E-state index contributed by atoms with van der Waals surface area (Å²) < 4.78 is 6.08. The third-order valence-corrected chi connectivity index (χ3v) is 14.1. The van der Waals surface area contributed by atoms with Crippen LogP contribution < -0.4 is 5.32 Å².